The molecular weight excluding hydrogens is 246 g/mol. The number of fused-ring (bicyclic) bond motifs is 3. The summed E-state index contributed by atoms with van der Waals surface area (Å²) in [4.78, 5) is 11.7. The Kier molecular flexibility index (Phi) is 3.31. The monoisotopic (exact) mass is 263 g/mol. The number of esters is 1. The third kappa shape index (κ3) is 2.04. The average molecular weight is 263 g/mol. The predicted octanol–water partition coefficient (Wildman–Crippen LogP) is 1.92. The third-order valence-electron chi connectivity index (χ3n) is 3.80. The Bertz CT molecular complexity index is 463. The molecule has 1 fully saturated rings. The lowest BCUT2D eigenvalue weighted by Gasteiger charge is -2.40. The summed E-state index contributed by atoms with van der Waals surface area (Å²) in [5, 5.41) is 4.05. The van der Waals surface area contributed by atoms with E-state index in [1.807, 2.05) is 11.8 Å². The van der Waals surface area contributed by atoms with Crippen molar-refractivity contribution in [3.8, 4) is 0 Å². The van der Waals surface area contributed by atoms with Crippen LogP contribution in [0.25, 0.3) is 0 Å². The van der Waals surface area contributed by atoms with Gasteiger partial charge >= 0.3 is 5.97 Å². The average Bonchev–Trinajstić information content (AvgIpc) is 2.45. The van der Waals surface area contributed by atoms with E-state index in [0.717, 1.165) is 12.2 Å². The SMILES string of the molecule is COC(=O)C1CSC2CCc3ccccc3C2N1. The minimum Gasteiger partial charge on any atom is -0.468 e. The Morgan fingerprint density at radius 1 is 1.44 bits per heavy atom. The summed E-state index contributed by atoms with van der Waals surface area (Å²) in [5.41, 5.74) is 2.77. The first-order valence-electron chi connectivity index (χ1n) is 6.33. The van der Waals surface area contributed by atoms with Crippen LogP contribution in [0.3, 0.4) is 0 Å². The van der Waals surface area contributed by atoms with Crippen molar-refractivity contribution in [3.63, 3.8) is 0 Å². The molecule has 1 aromatic rings. The first-order chi connectivity index (χ1) is 8.79. The number of hydrogen-bond donors (Lipinski definition) is 1. The maximum atomic E-state index is 11.7. The second-order valence-corrected chi connectivity index (χ2v) is 6.10. The predicted molar refractivity (Wildman–Crippen MR) is 72.7 cm³/mol. The molecule has 2 aliphatic rings. The van der Waals surface area contributed by atoms with Gasteiger partial charge in [-0.15, -0.1) is 0 Å². The summed E-state index contributed by atoms with van der Waals surface area (Å²) < 4.78 is 4.84. The molecule has 3 rings (SSSR count). The number of benzene rings is 1. The number of hydrogen-bond acceptors (Lipinski definition) is 4. The highest BCUT2D eigenvalue weighted by Gasteiger charge is 2.37. The number of aryl methyl sites for hydroxylation is 1. The molecular formula is C14H17NO2S. The first kappa shape index (κ1) is 12.1. The second kappa shape index (κ2) is 4.94. The molecule has 0 spiro atoms. The van der Waals surface area contributed by atoms with Crippen LogP contribution in [0.2, 0.25) is 0 Å². The fraction of sp³-hybridized carbons (Fsp3) is 0.500. The number of rotatable bonds is 1. The van der Waals surface area contributed by atoms with Crippen LogP contribution < -0.4 is 5.32 Å². The van der Waals surface area contributed by atoms with Crippen LogP contribution in [0.15, 0.2) is 24.3 Å². The summed E-state index contributed by atoms with van der Waals surface area (Å²) in [6.45, 7) is 0. The quantitative estimate of drug-likeness (QED) is 0.786. The zero-order chi connectivity index (χ0) is 12.5. The number of ether oxygens (including phenoxy) is 1. The highest BCUT2D eigenvalue weighted by atomic mass is 32.2. The molecule has 0 bridgehead atoms. The summed E-state index contributed by atoms with van der Waals surface area (Å²) in [6, 6.07) is 8.66. The maximum Gasteiger partial charge on any atom is 0.323 e. The second-order valence-electron chi connectivity index (χ2n) is 4.83. The van der Waals surface area contributed by atoms with Crippen molar-refractivity contribution in [2.24, 2.45) is 0 Å². The Balaban J connectivity index is 1.86. The van der Waals surface area contributed by atoms with Gasteiger partial charge in [-0.25, -0.2) is 0 Å². The first-order valence-corrected chi connectivity index (χ1v) is 7.38. The Morgan fingerprint density at radius 3 is 3.11 bits per heavy atom. The smallest absolute Gasteiger partial charge is 0.323 e. The molecule has 0 saturated carbocycles. The van der Waals surface area contributed by atoms with Crippen LogP contribution in [0.1, 0.15) is 23.6 Å². The van der Waals surface area contributed by atoms with Gasteiger partial charge in [-0.05, 0) is 24.0 Å². The maximum absolute atomic E-state index is 11.7. The van der Waals surface area contributed by atoms with Gasteiger partial charge in [0.25, 0.3) is 0 Å². The van der Waals surface area contributed by atoms with E-state index in [4.69, 9.17) is 4.74 Å². The molecule has 3 unspecified atom stereocenters. The Morgan fingerprint density at radius 2 is 2.28 bits per heavy atom. The topological polar surface area (TPSA) is 38.3 Å². The van der Waals surface area contributed by atoms with E-state index in [1.54, 1.807) is 0 Å². The van der Waals surface area contributed by atoms with Crippen molar-refractivity contribution in [3.05, 3.63) is 35.4 Å². The van der Waals surface area contributed by atoms with Gasteiger partial charge in [-0.2, -0.15) is 11.8 Å². The van der Waals surface area contributed by atoms with Gasteiger partial charge in [0.15, 0.2) is 0 Å². The van der Waals surface area contributed by atoms with Gasteiger partial charge in [0.05, 0.1) is 7.11 Å². The van der Waals surface area contributed by atoms with Crippen molar-refractivity contribution >= 4 is 17.7 Å². The van der Waals surface area contributed by atoms with E-state index in [9.17, 15) is 4.79 Å². The number of thioether (sulfide) groups is 1. The summed E-state index contributed by atoms with van der Waals surface area (Å²) in [6.07, 6.45) is 2.34. The highest BCUT2D eigenvalue weighted by Crippen LogP contribution is 2.40. The van der Waals surface area contributed by atoms with Crippen LogP contribution in [0.4, 0.5) is 0 Å². The fourth-order valence-electron chi connectivity index (χ4n) is 2.87. The Hall–Kier alpha value is -1.00. The number of methoxy groups -OCH3 is 1. The van der Waals surface area contributed by atoms with Gasteiger partial charge in [-0.3, -0.25) is 10.1 Å². The van der Waals surface area contributed by atoms with Gasteiger partial charge < -0.3 is 4.74 Å². The van der Waals surface area contributed by atoms with Crippen molar-refractivity contribution in [2.75, 3.05) is 12.9 Å². The molecule has 3 nitrogen and oxygen atoms in total. The van der Waals surface area contributed by atoms with E-state index in [1.165, 1.54) is 24.7 Å². The lowest BCUT2D eigenvalue weighted by molar-refractivity contribution is -0.142. The van der Waals surface area contributed by atoms with Crippen LogP contribution in [-0.4, -0.2) is 30.1 Å². The van der Waals surface area contributed by atoms with Crippen molar-refractivity contribution in [1.82, 2.24) is 5.32 Å². The van der Waals surface area contributed by atoms with E-state index >= 15 is 0 Å². The molecule has 0 aromatic heterocycles. The molecule has 1 saturated heterocycles. The van der Waals surface area contributed by atoms with Crippen molar-refractivity contribution in [2.45, 2.75) is 30.2 Å². The van der Waals surface area contributed by atoms with Crippen molar-refractivity contribution in [1.29, 1.82) is 0 Å². The molecule has 3 atom stereocenters. The molecule has 4 heteroatoms. The molecule has 0 radical (unpaired) electrons. The van der Waals surface area contributed by atoms with Crippen molar-refractivity contribution < 1.29 is 9.53 Å². The van der Waals surface area contributed by atoms with Crippen LogP contribution in [0, 0.1) is 0 Å². The zero-order valence-electron chi connectivity index (χ0n) is 10.4. The molecule has 1 heterocycles. The summed E-state index contributed by atoms with van der Waals surface area (Å²) >= 11 is 1.90. The normalized spacial score (nSPS) is 30.2. The standard InChI is InChI=1S/C14H17NO2S/c1-17-14(16)11-8-18-12-7-6-9-4-2-3-5-10(9)13(12)15-11/h2-5,11-13,15H,6-8H2,1H3. The summed E-state index contributed by atoms with van der Waals surface area (Å²) in [5.74, 6) is 0.666. The van der Waals surface area contributed by atoms with Crippen LogP contribution in [0.5, 0.6) is 0 Å². The lowest BCUT2D eigenvalue weighted by atomic mass is 9.86. The van der Waals surface area contributed by atoms with Gasteiger partial charge in [0.1, 0.15) is 6.04 Å². The van der Waals surface area contributed by atoms with Gasteiger partial charge in [0.2, 0.25) is 0 Å². The largest absolute Gasteiger partial charge is 0.468 e. The van der Waals surface area contributed by atoms with E-state index in [2.05, 4.69) is 29.6 Å². The Labute approximate surface area is 111 Å². The lowest BCUT2D eigenvalue weighted by Crippen LogP contribution is -2.50. The minimum absolute atomic E-state index is 0.149. The molecule has 18 heavy (non-hydrogen) atoms. The van der Waals surface area contributed by atoms with Crippen LogP contribution >= 0.6 is 11.8 Å². The number of carbonyl (C=O) groups excluding carboxylic acids is 1. The molecule has 1 aliphatic carbocycles. The van der Waals surface area contributed by atoms with E-state index in [0.29, 0.717) is 5.25 Å². The third-order valence-corrected chi connectivity index (χ3v) is 5.27. The molecule has 1 aliphatic heterocycles. The fourth-order valence-corrected chi connectivity index (χ4v) is 4.24. The number of carbonyl (C=O) groups is 1. The van der Waals surface area contributed by atoms with Gasteiger partial charge in [0, 0.05) is 17.0 Å². The minimum atomic E-state index is -0.174. The molecule has 1 N–H and O–H groups in total. The van der Waals surface area contributed by atoms with Gasteiger partial charge in [-0.1, -0.05) is 24.3 Å². The highest BCUT2D eigenvalue weighted by molar-refractivity contribution is 8.00. The number of nitrogens with one attached hydrogen (secondary N) is 1. The van der Waals surface area contributed by atoms with E-state index < -0.39 is 0 Å². The summed E-state index contributed by atoms with van der Waals surface area (Å²) in [7, 11) is 1.45. The molecule has 96 valence electrons. The van der Waals surface area contributed by atoms with Crippen LogP contribution in [-0.2, 0) is 16.0 Å². The molecule has 0 amide bonds. The van der Waals surface area contributed by atoms with E-state index in [-0.39, 0.29) is 18.1 Å². The zero-order valence-corrected chi connectivity index (χ0v) is 11.2. The molecule has 1 aromatic carbocycles.